The highest BCUT2D eigenvalue weighted by Gasteiger charge is 2.48. The normalized spacial score (nSPS) is 16.8. The summed E-state index contributed by atoms with van der Waals surface area (Å²) in [7, 11) is 4.18. The van der Waals surface area contributed by atoms with Gasteiger partial charge in [-0.15, -0.1) is 0 Å². The van der Waals surface area contributed by atoms with E-state index < -0.39 is 23.7 Å². The van der Waals surface area contributed by atoms with E-state index in [0.717, 1.165) is 16.2 Å². The SMILES string of the molecule is COC(=O)c1sc(N2C(=O)C(=O)C(=C(O)c3ccc(Cl)cc3)[C@@H]2c2ccc(OC)c(OC)c2)nc1C. The third kappa shape index (κ3) is 4.29. The lowest BCUT2D eigenvalue weighted by molar-refractivity contribution is -0.132. The van der Waals surface area contributed by atoms with E-state index in [4.69, 9.17) is 25.8 Å². The first-order chi connectivity index (χ1) is 17.2. The van der Waals surface area contributed by atoms with Gasteiger partial charge in [0, 0.05) is 10.6 Å². The van der Waals surface area contributed by atoms with Gasteiger partial charge in [-0.05, 0) is 48.9 Å². The van der Waals surface area contributed by atoms with E-state index in [1.165, 1.54) is 21.3 Å². The standard InChI is InChI=1S/C25H21ClN2O7S/c1-12-22(24(32)35-4)36-25(27-12)28-19(14-7-10-16(33-2)17(11-14)34-3)18(21(30)23(28)31)20(29)13-5-8-15(26)9-6-13/h5-11,19,29H,1-4H3/t19-/m0/s1. The summed E-state index contributed by atoms with van der Waals surface area (Å²) >= 11 is 6.89. The van der Waals surface area contributed by atoms with Crippen LogP contribution in [0.4, 0.5) is 5.13 Å². The van der Waals surface area contributed by atoms with Crippen LogP contribution in [0.5, 0.6) is 11.5 Å². The molecule has 0 spiro atoms. The largest absolute Gasteiger partial charge is 0.507 e. The number of aliphatic hydroxyl groups is 1. The molecule has 0 saturated carbocycles. The molecule has 1 N–H and O–H groups in total. The molecule has 9 nitrogen and oxygen atoms in total. The zero-order chi connectivity index (χ0) is 26.1. The number of ketones is 1. The van der Waals surface area contributed by atoms with Crippen LogP contribution in [0.15, 0.2) is 48.0 Å². The molecule has 1 atom stereocenters. The Hall–Kier alpha value is -3.89. The molecular weight excluding hydrogens is 508 g/mol. The number of thiazole rings is 1. The Morgan fingerprint density at radius 2 is 1.72 bits per heavy atom. The second-order valence-electron chi connectivity index (χ2n) is 7.69. The second kappa shape index (κ2) is 10.00. The number of rotatable bonds is 6. The third-order valence-electron chi connectivity index (χ3n) is 5.65. The van der Waals surface area contributed by atoms with E-state index in [1.54, 1.807) is 49.4 Å². The molecule has 2 aromatic carbocycles. The summed E-state index contributed by atoms with van der Waals surface area (Å²) in [4.78, 5) is 44.6. The number of hydrogen-bond acceptors (Lipinski definition) is 9. The van der Waals surface area contributed by atoms with Crippen molar-refractivity contribution in [3.63, 3.8) is 0 Å². The Morgan fingerprint density at radius 1 is 1.06 bits per heavy atom. The first-order valence-corrected chi connectivity index (χ1v) is 11.8. The first-order valence-electron chi connectivity index (χ1n) is 10.6. The molecule has 1 saturated heterocycles. The van der Waals surface area contributed by atoms with Gasteiger partial charge in [0.2, 0.25) is 0 Å². The number of halogens is 1. The van der Waals surface area contributed by atoms with Crippen molar-refractivity contribution in [3.05, 3.63) is 74.8 Å². The minimum Gasteiger partial charge on any atom is -0.507 e. The van der Waals surface area contributed by atoms with Gasteiger partial charge in [-0.1, -0.05) is 29.0 Å². The van der Waals surface area contributed by atoms with E-state index in [1.807, 2.05) is 0 Å². The molecule has 1 amide bonds. The monoisotopic (exact) mass is 528 g/mol. The maximum Gasteiger partial charge on any atom is 0.350 e. The van der Waals surface area contributed by atoms with Crippen molar-refractivity contribution in [2.24, 2.45) is 0 Å². The third-order valence-corrected chi connectivity index (χ3v) is 7.04. The van der Waals surface area contributed by atoms with Crippen molar-refractivity contribution in [2.75, 3.05) is 26.2 Å². The molecule has 1 fully saturated rings. The topological polar surface area (TPSA) is 115 Å². The highest BCUT2D eigenvalue weighted by atomic mass is 35.5. The average Bonchev–Trinajstić information content (AvgIpc) is 3.39. The summed E-state index contributed by atoms with van der Waals surface area (Å²) in [5.74, 6) is -2.01. The summed E-state index contributed by atoms with van der Waals surface area (Å²) in [5, 5.41) is 11.7. The number of anilines is 1. The molecule has 0 bridgehead atoms. The van der Waals surface area contributed by atoms with Crippen LogP contribution in [0.1, 0.15) is 32.5 Å². The molecule has 0 unspecified atom stereocenters. The van der Waals surface area contributed by atoms with Crippen molar-refractivity contribution >= 4 is 51.5 Å². The molecule has 2 heterocycles. The van der Waals surface area contributed by atoms with Gasteiger partial charge in [-0.3, -0.25) is 14.5 Å². The molecule has 1 aromatic heterocycles. The van der Waals surface area contributed by atoms with Crippen LogP contribution in [0.25, 0.3) is 5.76 Å². The second-order valence-corrected chi connectivity index (χ2v) is 9.11. The van der Waals surface area contributed by atoms with Crippen molar-refractivity contribution in [3.8, 4) is 11.5 Å². The predicted octanol–water partition coefficient (Wildman–Crippen LogP) is 4.54. The Kier molecular flexibility index (Phi) is 7.00. The van der Waals surface area contributed by atoms with Crippen LogP contribution in [0.2, 0.25) is 5.02 Å². The molecule has 0 radical (unpaired) electrons. The fourth-order valence-electron chi connectivity index (χ4n) is 3.90. The fraction of sp³-hybridized carbons (Fsp3) is 0.200. The van der Waals surface area contributed by atoms with Crippen LogP contribution < -0.4 is 14.4 Å². The summed E-state index contributed by atoms with van der Waals surface area (Å²) in [6.45, 7) is 1.60. The first kappa shape index (κ1) is 25.2. The van der Waals surface area contributed by atoms with Crippen molar-refractivity contribution in [1.29, 1.82) is 0 Å². The summed E-state index contributed by atoms with van der Waals surface area (Å²) < 4.78 is 15.5. The van der Waals surface area contributed by atoms with Gasteiger partial charge in [0.05, 0.1) is 38.6 Å². The number of methoxy groups -OCH3 is 3. The number of benzene rings is 2. The molecule has 11 heteroatoms. The highest BCUT2D eigenvalue weighted by Crippen LogP contribution is 2.45. The molecule has 36 heavy (non-hydrogen) atoms. The van der Waals surface area contributed by atoms with Crippen LogP contribution in [-0.2, 0) is 14.3 Å². The minimum absolute atomic E-state index is 0.102. The van der Waals surface area contributed by atoms with E-state index in [0.29, 0.717) is 33.3 Å². The Labute approximate surface area is 215 Å². The number of nitrogens with zero attached hydrogens (tertiary/aromatic N) is 2. The smallest absolute Gasteiger partial charge is 0.350 e. The van der Waals surface area contributed by atoms with E-state index in [9.17, 15) is 19.5 Å². The molecule has 186 valence electrons. The molecule has 1 aliphatic rings. The number of carbonyl (C=O) groups excluding carboxylic acids is 3. The number of hydrogen-bond donors (Lipinski definition) is 1. The summed E-state index contributed by atoms with van der Waals surface area (Å²) in [5.41, 5.74) is 0.942. The lowest BCUT2D eigenvalue weighted by Crippen LogP contribution is -2.29. The fourth-order valence-corrected chi connectivity index (χ4v) is 5.04. The van der Waals surface area contributed by atoms with Gasteiger partial charge in [0.25, 0.3) is 5.78 Å². The van der Waals surface area contributed by atoms with Gasteiger partial charge in [0.15, 0.2) is 16.6 Å². The molecule has 3 aromatic rings. The Bertz CT molecular complexity index is 1400. The van der Waals surface area contributed by atoms with Crippen molar-refractivity contribution < 1.29 is 33.7 Å². The van der Waals surface area contributed by atoms with Crippen LogP contribution >= 0.6 is 22.9 Å². The number of aromatic nitrogens is 1. The van der Waals surface area contributed by atoms with Crippen molar-refractivity contribution in [2.45, 2.75) is 13.0 Å². The summed E-state index contributed by atoms with van der Waals surface area (Å²) in [6, 6.07) is 10.0. The van der Waals surface area contributed by atoms with Gasteiger partial charge >= 0.3 is 11.9 Å². The lowest BCUT2D eigenvalue weighted by Gasteiger charge is -2.23. The molecule has 0 aliphatic carbocycles. The van der Waals surface area contributed by atoms with Crippen LogP contribution in [0, 0.1) is 6.92 Å². The van der Waals surface area contributed by atoms with E-state index >= 15 is 0 Å². The van der Waals surface area contributed by atoms with Crippen LogP contribution in [0.3, 0.4) is 0 Å². The molecular formula is C25H21ClN2O7S. The number of esters is 1. The van der Waals surface area contributed by atoms with E-state index in [2.05, 4.69) is 4.98 Å². The van der Waals surface area contributed by atoms with Gasteiger partial charge < -0.3 is 19.3 Å². The lowest BCUT2D eigenvalue weighted by atomic mass is 9.95. The number of amides is 1. The zero-order valence-corrected chi connectivity index (χ0v) is 21.3. The van der Waals surface area contributed by atoms with Gasteiger partial charge in [-0.2, -0.15) is 0 Å². The Balaban J connectivity index is 1.96. The van der Waals surface area contributed by atoms with Crippen LogP contribution in [-0.4, -0.2) is 49.1 Å². The van der Waals surface area contributed by atoms with Gasteiger partial charge in [-0.25, -0.2) is 9.78 Å². The van der Waals surface area contributed by atoms with Gasteiger partial charge in [0.1, 0.15) is 10.6 Å². The number of aliphatic hydroxyl groups excluding tert-OH is 1. The molecule has 1 aliphatic heterocycles. The maximum atomic E-state index is 13.3. The maximum absolute atomic E-state index is 13.3. The quantitative estimate of drug-likeness (QED) is 0.215. The zero-order valence-electron chi connectivity index (χ0n) is 19.7. The number of aryl methyl sites for hydroxylation is 1. The minimum atomic E-state index is -1.07. The van der Waals surface area contributed by atoms with Crippen molar-refractivity contribution in [1.82, 2.24) is 4.98 Å². The predicted molar refractivity (Wildman–Crippen MR) is 134 cm³/mol. The average molecular weight is 529 g/mol. The number of ether oxygens (including phenoxy) is 3. The number of Topliss-reactive ketones (excluding diaryl/α,β-unsaturated/α-hetero) is 1. The number of carbonyl (C=O) groups is 3. The molecule has 4 rings (SSSR count). The van der Waals surface area contributed by atoms with E-state index in [-0.39, 0.29) is 21.3 Å². The Morgan fingerprint density at radius 3 is 2.33 bits per heavy atom. The summed E-state index contributed by atoms with van der Waals surface area (Å²) in [6.07, 6.45) is 0. The highest BCUT2D eigenvalue weighted by molar-refractivity contribution is 7.17.